The highest BCUT2D eigenvalue weighted by molar-refractivity contribution is 6.32. The van der Waals surface area contributed by atoms with Gasteiger partial charge in [-0.25, -0.2) is 4.39 Å². The normalized spacial score (nSPS) is 11.7. The molecular weight excluding hydrogens is 361 g/mol. The number of carboxylic acid groups (broad SMARTS) is 1. The predicted molar refractivity (Wildman–Crippen MR) is 95.9 cm³/mol. The van der Waals surface area contributed by atoms with Crippen LogP contribution in [0, 0.1) is 5.82 Å². The van der Waals surface area contributed by atoms with Gasteiger partial charge in [-0.2, -0.15) is 0 Å². The molecule has 2 aromatic rings. The maximum Gasteiger partial charge on any atom is 0.305 e. The monoisotopic (exact) mass is 379 g/mol. The Morgan fingerprint density at radius 3 is 2.50 bits per heavy atom. The molecule has 0 aromatic heterocycles. The van der Waals surface area contributed by atoms with Crippen LogP contribution in [0.25, 0.3) is 0 Å². The molecule has 2 N–H and O–H groups in total. The molecule has 2 aromatic carbocycles. The van der Waals surface area contributed by atoms with Crippen molar-refractivity contribution in [2.24, 2.45) is 0 Å². The first-order valence-electron chi connectivity index (χ1n) is 7.98. The summed E-state index contributed by atoms with van der Waals surface area (Å²) in [6.07, 6.45) is 0.324. The second-order valence-corrected chi connectivity index (χ2v) is 6.15. The molecule has 0 saturated carbocycles. The first-order valence-corrected chi connectivity index (χ1v) is 8.36. The number of nitrogens with one attached hydrogen (secondary N) is 1. The first kappa shape index (κ1) is 19.7. The lowest BCUT2D eigenvalue weighted by Crippen LogP contribution is -2.30. The molecule has 0 radical (unpaired) electrons. The van der Waals surface area contributed by atoms with E-state index in [-0.39, 0.29) is 18.7 Å². The molecule has 26 heavy (non-hydrogen) atoms. The quantitative estimate of drug-likeness (QED) is 0.732. The fourth-order valence-electron chi connectivity index (χ4n) is 2.51. The van der Waals surface area contributed by atoms with Crippen LogP contribution in [-0.4, -0.2) is 24.1 Å². The van der Waals surface area contributed by atoms with Crippen LogP contribution in [0.4, 0.5) is 4.39 Å². The van der Waals surface area contributed by atoms with Crippen LogP contribution in [0.3, 0.4) is 0 Å². The van der Waals surface area contributed by atoms with Crippen LogP contribution in [0.1, 0.15) is 30.0 Å². The maximum atomic E-state index is 13.0. The van der Waals surface area contributed by atoms with Gasteiger partial charge in [-0.15, -0.1) is 0 Å². The third-order valence-corrected chi connectivity index (χ3v) is 4.14. The minimum Gasteiger partial charge on any atom is -0.495 e. The zero-order valence-electron chi connectivity index (χ0n) is 14.2. The van der Waals surface area contributed by atoms with Gasteiger partial charge >= 0.3 is 5.97 Å². The van der Waals surface area contributed by atoms with Gasteiger partial charge in [0, 0.05) is 6.42 Å². The van der Waals surface area contributed by atoms with E-state index in [1.165, 1.54) is 31.4 Å². The van der Waals surface area contributed by atoms with Crippen molar-refractivity contribution in [2.75, 3.05) is 7.11 Å². The van der Waals surface area contributed by atoms with Gasteiger partial charge in [0.05, 0.1) is 24.6 Å². The number of carbonyl (C=O) groups excluding carboxylic acids is 1. The number of methoxy groups -OCH3 is 1. The summed E-state index contributed by atoms with van der Waals surface area (Å²) in [4.78, 5) is 23.3. The predicted octanol–water partition coefficient (Wildman–Crippen LogP) is 3.75. The smallest absolute Gasteiger partial charge is 0.305 e. The highest BCUT2D eigenvalue weighted by Crippen LogP contribution is 2.25. The van der Waals surface area contributed by atoms with Gasteiger partial charge < -0.3 is 15.2 Å². The van der Waals surface area contributed by atoms with E-state index in [1.54, 1.807) is 12.1 Å². The Balaban J connectivity index is 1.99. The molecule has 0 aliphatic heterocycles. The number of amides is 1. The summed E-state index contributed by atoms with van der Waals surface area (Å²) in [7, 11) is 1.52. The lowest BCUT2D eigenvalue weighted by Gasteiger charge is -2.17. The fraction of sp³-hybridized carbons (Fsp3) is 0.263. The van der Waals surface area contributed by atoms with E-state index in [9.17, 15) is 14.0 Å². The molecule has 1 atom stereocenters. The molecule has 0 spiro atoms. The van der Waals surface area contributed by atoms with E-state index in [0.29, 0.717) is 22.8 Å². The van der Waals surface area contributed by atoms with Crippen LogP contribution >= 0.6 is 11.6 Å². The largest absolute Gasteiger partial charge is 0.495 e. The molecule has 7 heteroatoms. The van der Waals surface area contributed by atoms with Crippen molar-refractivity contribution in [3.05, 3.63) is 64.4 Å². The number of rotatable bonds is 8. The van der Waals surface area contributed by atoms with Gasteiger partial charge in [0.1, 0.15) is 11.6 Å². The number of hydrogen-bond acceptors (Lipinski definition) is 3. The molecular formula is C19H19ClFNO4. The lowest BCUT2D eigenvalue weighted by molar-refractivity contribution is -0.137. The van der Waals surface area contributed by atoms with Crippen molar-refractivity contribution in [3.8, 4) is 5.75 Å². The van der Waals surface area contributed by atoms with Crippen LogP contribution in [-0.2, 0) is 16.0 Å². The number of benzene rings is 2. The summed E-state index contributed by atoms with van der Waals surface area (Å²) in [5.41, 5.74) is 1.40. The van der Waals surface area contributed by atoms with E-state index < -0.39 is 17.8 Å². The molecule has 1 amide bonds. The van der Waals surface area contributed by atoms with Gasteiger partial charge in [-0.3, -0.25) is 9.59 Å². The highest BCUT2D eigenvalue weighted by atomic mass is 35.5. The number of carbonyl (C=O) groups is 2. The Bertz CT molecular complexity index is 780. The van der Waals surface area contributed by atoms with Crippen molar-refractivity contribution in [1.82, 2.24) is 5.32 Å². The molecule has 0 aliphatic rings. The zero-order valence-corrected chi connectivity index (χ0v) is 14.9. The zero-order chi connectivity index (χ0) is 19.1. The minimum atomic E-state index is -1.05. The lowest BCUT2D eigenvalue weighted by atomic mass is 10.0. The molecule has 5 nitrogen and oxygen atoms in total. The van der Waals surface area contributed by atoms with E-state index in [4.69, 9.17) is 21.4 Å². The Morgan fingerprint density at radius 2 is 1.92 bits per heavy atom. The van der Waals surface area contributed by atoms with Crippen molar-refractivity contribution in [1.29, 1.82) is 0 Å². The number of aliphatic carboxylic acids is 1. The summed E-state index contributed by atoms with van der Waals surface area (Å²) in [6, 6.07) is 9.93. The average molecular weight is 380 g/mol. The van der Waals surface area contributed by atoms with Crippen molar-refractivity contribution >= 4 is 23.5 Å². The fourth-order valence-corrected chi connectivity index (χ4v) is 2.79. The van der Waals surface area contributed by atoms with Gasteiger partial charge in [-0.05, 0) is 41.8 Å². The Kier molecular flexibility index (Phi) is 6.97. The van der Waals surface area contributed by atoms with Crippen LogP contribution in [0.5, 0.6) is 5.75 Å². The SMILES string of the molecule is COc1ccc(CCC(=O)NC(CC(=O)O)c2ccc(F)cc2)cc1Cl. The van der Waals surface area contributed by atoms with E-state index >= 15 is 0 Å². The number of halogens is 2. The molecule has 138 valence electrons. The second kappa shape index (κ2) is 9.20. The average Bonchev–Trinajstić information content (AvgIpc) is 2.60. The van der Waals surface area contributed by atoms with Crippen molar-refractivity contribution in [2.45, 2.75) is 25.3 Å². The maximum absolute atomic E-state index is 13.0. The van der Waals surface area contributed by atoms with Gasteiger partial charge in [-0.1, -0.05) is 29.8 Å². The molecule has 2 rings (SSSR count). The number of ether oxygens (including phenoxy) is 1. The first-order chi connectivity index (χ1) is 12.4. The molecule has 0 aliphatic carbocycles. The van der Waals surface area contributed by atoms with Gasteiger partial charge in [0.25, 0.3) is 0 Å². The minimum absolute atomic E-state index is 0.167. The van der Waals surface area contributed by atoms with Crippen LogP contribution in [0.2, 0.25) is 5.02 Å². The highest BCUT2D eigenvalue weighted by Gasteiger charge is 2.18. The summed E-state index contributed by atoms with van der Waals surface area (Å²) in [5, 5.41) is 12.2. The summed E-state index contributed by atoms with van der Waals surface area (Å²) in [5.74, 6) is -1.22. The second-order valence-electron chi connectivity index (χ2n) is 5.74. The Morgan fingerprint density at radius 1 is 1.23 bits per heavy atom. The summed E-state index contributed by atoms with van der Waals surface area (Å²) < 4.78 is 18.1. The molecule has 0 saturated heterocycles. The number of aryl methyl sites for hydroxylation is 1. The van der Waals surface area contributed by atoms with Crippen molar-refractivity contribution in [3.63, 3.8) is 0 Å². The third-order valence-electron chi connectivity index (χ3n) is 3.84. The van der Waals surface area contributed by atoms with Crippen LogP contribution in [0.15, 0.2) is 42.5 Å². The number of hydrogen-bond donors (Lipinski definition) is 2. The van der Waals surface area contributed by atoms with Crippen molar-refractivity contribution < 1.29 is 23.8 Å². The Labute approximate surface area is 155 Å². The topological polar surface area (TPSA) is 75.6 Å². The number of carboxylic acids is 1. The molecule has 0 heterocycles. The van der Waals surface area contributed by atoms with Gasteiger partial charge in [0.2, 0.25) is 5.91 Å². The third kappa shape index (κ3) is 5.74. The van der Waals surface area contributed by atoms with E-state index in [0.717, 1.165) is 5.56 Å². The van der Waals surface area contributed by atoms with E-state index in [2.05, 4.69) is 5.32 Å². The molecule has 0 bridgehead atoms. The summed E-state index contributed by atoms with van der Waals surface area (Å²) in [6.45, 7) is 0. The van der Waals surface area contributed by atoms with Crippen LogP contribution < -0.4 is 10.1 Å². The molecule has 0 fully saturated rings. The van der Waals surface area contributed by atoms with E-state index in [1.807, 2.05) is 6.07 Å². The van der Waals surface area contributed by atoms with Gasteiger partial charge in [0.15, 0.2) is 0 Å². The summed E-state index contributed by atoms with van der Waals surface area (Å²) >= 11 is 6.06. The Hall–Kier alpha value is -2.60. The standard InChI is InChI=1S/C19H19ClFNO4/c1-26-17-8-2-12(10-15(17)20)3-9-18(23)22-16(11-19(24)25)13-4-6-14(21)7-5-13/h2,4-8,10,16H,3,9,11H2,1H3,(H,22,23)(H,24,25). The molecule has 1 unspecified atom stereocenters.